The molecule has 3 rings (SSSR count). The number of fused-ring (bicyclic) bond motifs is 1. The van der Waals surface area contributed by atoms with Crippen LogP contribution >= 0.6 is 23.2 Å². The summed E-state index contributed by atoms with van der Waals surface area (Å²) in [5, 5.41) is 4.75. The Balaban J connectivity index is 1.82. The molecule has 1 N–H and O–H groups in total. The van der Waals surface area contributed by atoms with Crippen molar-refractivity contribution in [2.45, 2.75) is 25.8 Å². The van der Waals surface area contributed by atoms with Crippen LogP contribution < -0.4 is 10.1 Å². The van der Waals surface area contributed by atoms with Crippen LogP contribution in [0.3, 0.4) is 0 Å². The van der Waals surface area contributed by atoms with Crippen LogP contribution in [-0.2, 0) is 6.42 Å². The summed E-state index contributed by atoms with van der Waals surface area (Å²) in [6, 6.07) is 12.3. The Hall–Kier alpha value is -1.38. The number of anilines is 1. The van der Waals surface area contributed by atoms with Gasteiger partial charge in [0.05, 0.1) is 22.7 Å². The number of ether oxygens (including phenoxy) is 1. The zero-order valence-electron chi connectivity index (χ0n) is 11.8. The van der Waals surface area contributed by atoms with Gasteiger partial charge in [0.1, 0.15) is 5.75 Å². The molecule has 0 fully saturated rings. The molecule has 1 heterocycles. The Kier molecular flexibility index (Phi) is 4.27. The van der Waals surface area contributed by atoms with Crippen LogP contribution in [0, 0.1) is 0 Å². The van der Waals surface area contributed by atoms with Crippen LogP contribution in [0.5, 0.6) is 5.75 Å². The van der Waals surface area contributed by atoms with Crippen molar-refractivity contribution in [3.63, 3.8) is 0 Å². The summed E-state index contributed by atoms with van der Waals surface area (Å²) >= 11 is 12.1. The molecule has 1 atom stereocenters. The second-order valence-corrected chi connectivity index (χ2v) is 6.01. The summed E-state index contributed by atoms with van der Waals surface area (Å²) in [5.74, 6) is 1.00. The van der Waals surface area contributed by atoms with Gasteiger partial charge in [0.15, 0.2) is 0 Å². The first-order chi connectivity index (χ1) is 10.2. The van der Waals surface area contributed by atoms with E-state index in [1.54, 1.807) is 0 Å². The highest BCUT2D eigenvalue weighted by Gasteiger charge is 2.15. The molecule has 0 amide bonds. The molecule has 0 aromatic heterocycles. The van der Waals surface area contributed by atoms with Crippen LogP contribution in [0.25, 0.3) is 0 Å². The van der Waals surface area contributed by atoms with Crippen molar-refractivity contribution < 1.29 is 4.74 Å². The summed E-state index contributed by atoms with van der Waals surface area (Å²) in [7, 11) is 0. The Morgan fingerprint density at radius 3 is 2.76 bits per heavy atom. The molecule has 21 heavy (non-hydrogen) atoms. The molecular formula is C17H17Cl2NO. The van der Waals surface area contributed by atoms with E-state index in [4.69, 9.17) is 27.9 Å². The highest BCUT2D eigenvalue weighted by atomic mass is 35.5. The van der Waals surface area contributed by atoms with E-state index in [1.807, 2.05) is 24.3 Å². The fraction of sp³-hybridized carbons (Fsp3) is 0.294. The normalized spacial score (nSPS) is 14.4. The van der Waals surface area contributed by atoms with E-state index in [0.29, 0.717) is 10.0 Å². The molecule has 1 unspecified atom stereocenters. The predicted molar refractivity (Wildman–Crippen MR) is 88.8 cm³/mol. The van der Waals surface area contributed by atoms with Crippen molar-refractivity contribution >= 4 is 28.9 Å². The smallest absolute Gasteiger partial charge is 0.122 e. The van der Waals surface area contributed by atoms with Gasteiger partial charge in [0, 0.05) is 12.1 Å². The third kappa shape index (κ3) is 3.12. The standard InChI is InChI=1S/C17H17Cl2NO/c1-2-16(11-3-5-14(18)15(19)10-11)20-13-4-6-17-12(9-13)7-8-21-17/h3-6,9-10,16,20H,2,7-8H2,1H3. The van der Waals surface area contributed by atoms with Crippen molar-refractivity contribution in [1.29, 1.82) is 0 Å². The van der Waals surface area contributed by atoms with Gasteiger partial charge < -0.3 is 10.1 Å². The number of halogens is 2. The lowest BCUT2D eigenvalue weighted by atomic mass is 10.0. The van der Waals surface area contributed by atoms with Crippen molar-refractivity contribution in [1.82, 2.24) is 0 Å². The first-order valence-electron chi connectivity index (χ1n) is 7.14. The molecule has 0 bridgehead atoms. The second-order valence-electron chi connectivity index (χ2n) is 5.20. The zero-order chi connectivity index (χ0) is 14.8. The Labute approximate surface area is 135 Å². The molecule has 2 nitrogen and oxygen atoms in total. The quantitative estimate of drug-likeness (QED) is 0.803. The van der Waals surface area contributed by atoms with Gasteiger partial charge in [-0.3, -0.25) is 0 Å². The molecule has 110 valence electrons. The van der Waals surface area contributed by atoms with Crippen molar-refractivity contribution in [2.24, 2.45) is 0 Å². The van der Waals surface area contributed by atoms with E-state index < -0.39 is 0 Å². The maximum absolute atomic E-state index is 6.12. The highest BCUT2D eigenvalue weighted by molar-refractivity contribution is 6.42. The van der Waals surface area contributed by atoms with Crippen LogP contribution in [0.2, 0.25) is 10.0 Å². The molecule has 2 aromatic carbocycles. The molecule has 1 aliphatic rings. The predicted octanol–water partition coefficient (Wildman–Crippen LogP) is 5.49. The monoisotopic (exact) mass is 321 g/mol. The zero-order valence-corrected chi connectivity index (χ0v) is 13.3. The maximum Gasteiger partial charge on any atom is 0.122 e. The van der Waals surface area contributed by atoms with Gasteiger partial charge in [-0.05, 0) is 47.9 Å². The molecule has 2 aromatic rings. The maximum atomic E-state index is 6.12. The fourth-order valence-corrected chi connectivity index (χ4v) is 2.93. The van der Waals surface area contributed by atoms with Crippen LogP contribution in [0.15, 0.2) is 36.4 Å². The van der Waals surface area contributed by atoms with Gasteiger partial charge >= 0.3 is 0 Å². The van der Waals surface area contributed by atoms with Crippen LogP contribution in [0.1, 0.15) is 30.5 Å². The summed E-state index contributed by atoms with van der Waals surface area (Å²) in [5.41, 5.74) is 3.52. The number of nitrogens with one attached hydrogen (secondary N) is 1. The minimum atomic E-state index is 0.208. The van der Waals surface area contributed by atoms with Crippen molar-refractivity contribution in [3.05, 3.63) is 57.6 Å². The fourth-order valence-electron chi connectivity index (χ4n) is 2.63. The Bertz CT molecular complexity index is 657. The van der Waals surface area contributed by atoms with E-state index in [9.17, 15) is 0 Å². The van der Waals surface area contributed by atoms with E-state index in [0.717, 1.165) is 36.4 Å². The third-order valence-corrected chi connectivity index (χ3v) is 4.52. The van der Waals surface area contributed by atoms with E-state index in [2.05, 4.69) is 24.4 Å². The SMILES string of the molecule is CCC(Nc1ccc2c(c1)CCO2)c1ccc(Cl)c(Cl)c1. The lowest BCUT2D eigenvalue weighted by molar-refractivity contribution is 0.357. The summed E-state index contributed by atoms with van der Waals surface area (Å²) < 4.78 is 5.54. The third-order valence-electron chi connectivity index (χ3n) is 3.78. The van der Waals surface area contributed by atoms with Gasteiger partial charge in [0.25, 0.3) is 0 Å². The Morgan fingerprint density at radius 2 is 2.00 bits per heavy atom. The first kappa shape index (κ1) is 14.6. The van der Waals surface area contributed by atoms with Crippen LogP contribution in [-0.4, -0.2) is 6.61 Å². The average molecular weight is 322 g/mol. The largest absolute Gasteiger partial charge is 0.493 e. The van der Waals surface area contributed by atoms with Gasteiger partial charge in [0.2, 0.25) is 0 Å². The number of rotatable bonds is 4. The van der Waals surface area contributed by atoms with E-state index in [-0.39, 0.29) is 6.04 Å². The summed E-state index contributed by atoms with van der Waals surface area (Å²) in [6.07, 6.45) is 1.94. The highest BCUT2D eigenvalue weighted by Crippen LogP contribution is 2.32. The topological polar surface area (TPSA) is 21.3 Å². The summed E-state index contributed by atoms with van der Waals surface area (Å²) in [4.78, 5) is 0. The number of hydrogen-bond acceptors (Lipinski definition) is 2. The van der Waals surface area contributed by atoms with Crippen molar-refractivity contribution in [3.8, 4) is 5.75 Å². The minimum absolute atomic E-state index is 0.208. The second kappa shape index (κ2) is 6.17. The molecule has 1 aliphatic heterocycles. The molecule has 0 spiro atoms. The van der Waals surface area contributed by atoms with E-state index in [1.165, 1.54) is 5.56 Å². The molecule has 0 aliphatic carbocycles. The lowest BCUT2D eigenvalue weighted by Gasteiger charge is -2.20. The molecular weight excluding hydrogens is 305 g/mol. The van der Waals surface area contributed by atoms with E-state index >= 15 is 0 Å². The Morgan fingerprint density at radius 1 is 1.14 bits per heavy atom. The number of hydrogen-bond donors (Lipinski definition) is 1. The van der Waals surface area contributed by atoms with Gasteiger partial charge in [-0.25, -0.2) is 0 Å². The molecule has 4 heteroatoms. The van der Waals surface area contributed by atoms with Gasteiger partial charge in [-0.1, -0.05) is 36.2 Å². The summed E-state index contributed by atoms with van der Waals surface area (Å²) in [6.45, 7) is 2.93. The molecule has 0 saturated carbocycles. The van der Waals surface area contributed by atoms with Crippen molar-refractivity contribution in [2.75, 3.05) is 11.9 Å². The average Bonchev–Trinajstić information content (AvgIpc) is 2.95. The number of benzene rings is 2. The first-order valence-corrected chi connectivity index (χ1v) is 7.90. The molecule has 0 saturated heterocycles. The van der Waals surface area contributed by atoms with Gasteiger partial charge in [-0.2, -0.15) is 0 Å². The van der Waals surface area contributed by atoms with Crippen LogP contribution in [0.4, 0.5) is 5.69 Å². The molecule has 0 radical (unpaired) electrons. The van der Waals surface area contributed by atoms with Gasteiger partial charge in [-0.15, -0.1) is 0 Å². The minimum Gasteiger partial charge on any atom is -0.493 e. The lowest BCUT2D eigenvalue weighted by Crippen LogP contribution is -2.09.